The monoisotopic (exact) mass is 2090 g/mol. The van der Waals surface area contributed by atoms with Gasteiger partial charge in [0.1, 0.15) is 11.5 Å². The molecule has 860 valence electrons. The van der Waals surface area contributed by atoms with Crippen LogP contribution in [0.25, 0.3) is 0 Å². The number of carbonyl (C=O) groups excluding carboxylic acids is 4. The molecule has 0 unspecified atom stereocenters. The number of hydrogen-bond acceptors (Lipinski definition) is 42. The summed E-state index contributed by atoms with van der Waals surface area (Å²) in [5.74, 6) is 0.601. The van der Waals surface area contributed by atoms with Gasteiger partial charge in [-0.25, -0.2) is 9.59 Å². The Kier molecular flexibility index (Phi) is 115. The molecular weight excluding hydrogens is 1870 g/mol. The number of methoxy groups -OCH3 is 2. The minimum absolute atomic E-state index is 0.00760. The number of nitrogens with one attached hydrogen (secondary N) is 8. The largest absolute Gasteiger partial charge is 0.513 e. The van der Waals surface area contributed by atoms with Crippen molar-refractivity contribution in [2.75, 3.05) is 381 Å². The van der Waals surface area contributed by atoms with Crippen LogP contribution in [0.5, 0.6) is 11.5 Å². The maximum atomic E-state index is 11.6. The van der Waals surface area contributed by atoms with Gasteiger partial charge in [0.2, 0.25) is 11.8 Å². The Morgan fingerprint density at radius 2 is 0.445 bits per heavy atom. The topological polar surface area (TPSA) is 707 Å². The number of rotatable bonds is 97. The summed E-state index contributed by atoms with van der Waals surface area (Å²) < 4.78 is 17.7. The first-order chi connectivity index (χ1) is 71.0. The lowest BCUT2D eigenvalue weighted by Gasteiger charge is -2.30. The van der Waals surface area contributed by atoms with Gasteiger partial charge in [-0.15, -0.1) is 0 Å². The maximum absolute atomic E-state index is 11.6. The SMILES string of the molecule is CC(=O)N(CCCCCN)CCCCCNCCCCCN.CC(=O)NCCN(CCN)CCN(CCCCCN)CCN(CCNCCN)CCNCCN(CCN)CCN.COC(=O)Oc1ccc([N+](=O)[O-])cc1.COC(=O)Oc1ccc([N+](=O)[O-])cc1.NCCCCCN(CCN(CCN)CCN)CCN(CCNCCN)CCNCCN(CCN)CCN.NCCCCCNCCCCCNCCCCCN. The molecule has 2 aromatic rings. The summed E-state index contributed by atoms with van der Waals surface area (Å²) in [6.07, 6.45) is 26.7. The fraction of sp³-hybridized carbons (Fsp3) is 0.840. The van der Waals surface area contributed by atoms with Crippen molar-refractivity contribution >= 4 is 35.5 Å². The van der Waals surface area contributed by atoms with E-state index in [0.717, 1.165) is 346 Å². The lowest BCUT2D eigenvalue weighted by atomic mass is 10.2. The van der Waals surface area contributed by atoms with Crippen LogP contribution < -0.4 is 138 Å². The van der Waals surface area contributed by atoms with Gasteiger partial charge >= 0.3 is 12.3 Å². The predicted molar refractivity (Wildman–Crippen MR) is 601 cm³/mol. The van der Waals surface area contributed by atoms with Crippen LogP contribution in [0.3, 0.4) is 0 Å². The van der Waals surface area contributed by atoms with Crippen molar-refractivity contribution in [2.24, 2.45) is 86.0 Å². The molecule has 146 heavy (non-hydrogen) atoms. The first kappa shape index (κ1) is 146. The van der Waals surface area contributed by atoms with Gasteiger partial charge in [0.25, 0.3) is 11.4 Å². The van der Waals surface area contributed by atoms with Gasteiger partial charge in [0.05, 0.1) is 24.1 Å². The number of nitro groups is 2. The summed E-state index contributed by atoms with van der Waals surface area (Å²) in [4.78, 5) is 85.2. The zero-order chi connectivity index (χ0) is 109. The molecule has 0 fully saturated rings. The number of nitrogens with two attached hydrogens (primary N) is 15. The van der Waals surface area contributed by atoms with Gasteiger partial charge in [0, 0.05) is 313 Å². The number of amides is 2. The highest BCUT2D eigenvalue weighted by atomic mass is 16.7. The molecule has 2 rings (SSSR count). The molecule has 38 N–H and O–H groups in total. The van der Waals surface area contributed by atoms with Crippen molar-refractivity contribution in [3.63, 3.8) is 0 Å². The van der Waals surface area contributed by atoms with Gasteiger partial charge in [-0.2, -0.15) is 0 Å². The summed E-state index contributed by atoms with van der Waals surface area (Å²) >= 11 is 0. The molecule has 46 heteroatoms. The Hall–Kier alpha value is -6.48. The second-order valence-corrected chi connectivity index (χ2v) is 35.9. The molecule has 0 saturated heterocycles. The van der Waals surface area contributed by atoms with Crippen LogP contribution in [-0.2, 0) is 19.1 Å². The van der Waals surface area contributed by atoms with Gasteiger partial charge in [-0.3, -0.25) is 59.2 Å². The molecule has 0 aliphatic heterocycles. The first-order valence-corrected chi connectivity index (χ1v) is 54.8. The Balaban J connectivity index is -0.000000867. The van der Waals surface area contributed by atoms with Crippen molar-refractivity contribution < 1.29 is 48.0 Å². The fourth-order valence-corrected chi connectivity index (χ4v) is 15.0. The number of hydrogen-bond donors (Lipinski definition) is 23. The van der Waals surface area contributed by atoms with Gasteiger partial charge in [-0.1, -0.05) is 51.4 Å². The molecule has 0 saturated carbocycles. The molecule has 0 bridgehead atoms. The van der Waals surface area contributed by atoms with Crippen molar-refractivity contribution in [1.29, 1.82) is 0 Å². The number of nitro benzene ring substituents is 2. The summed E-state index contributed by atoms with van der Waals surface area (Å²) in [5.41, 5.74) is 84.9. The smallest absolute Gasteiger partial charge is 0.437 e. The molecule has 0 radical (unpaired) electrons. The third kappa shape index (κ3) is 102. The van der Waals surface area contributed by atoms with E-state index in [1.165, 1.54) is 172 Å². The molecule has 0 atom stereocenters. The van der Waals surface area contributed by atoms with Crippen LogP contribution in [0.2, 0.25) is 0 Å². The van der Waals surface area contributed by atoms with Gasteiger partial charge in [-0.05, 0) is 219 Å². The average molecular weight is 2090 g/mol. The minimum atomic E-state index is -0.862. The van der Waals surface area contributed by atoms with Gasteiger partial charge in [0.15, 0.2) is 0 Å². The number of carbonyl (C=O) groups is 4. The van der Waals surface area contributed by atoms with Crippen molar-refractivity contribution in [3.8, 4) is 11.5 Å². The highest BCUT2D eigenvalue weighted by molar-refractivity contribution is 5.73. The van der Waals surface area contributed by atoms with Gasteiger partial charge < -0.3 is 162 Å². The van der Waals surface area contributed by atoms with Crippen LogP contribution in [0.4, 0.5) is 21.0 Å². The zero-order valence-electron chi connectivity index (χ0n) is 91.7. The second kappa shape index (κ2) is 116. The molecule has 2 amide bonds. The summed E-state index contributed by atoms with van der Waals surface area (Å²) in [5, 5.41) is 48.0. The Bertz CT molecular complexity index is 3000. The van der Waals surface area contributed by atoms with E-state index in [1.54, 1.807) is 13.8 Å². The Labute approximate surface area is 880 Å². The third-order valence-corrected chi connectivity index (χ3v) is 23.5. The molecule has 0 aromatic heterocycles. The quantitative estimate of drug-likeness (QED) is 0.0133. The van der Waals surface area contributed by atoms with Crippen LogP contribution in [0, 0.1) is 20.2 Å². The second-order valence-electron chi connectivity index (χ2n) is 35.9. The molecule has 0 aliphatic carbocycles. The first-order valence-electron chi connectivity index (χ1n) is 54.8. The minimum Gasteiger partial charge on any atom is -0.437 e. The molecule has 0 heterocycles. The average Bonchev–Trinajstić information content (AvgIpc) is 0.892. The summed E-state index contributed by atoms with van der Waals surface area (Å²) in [6, 6.07) is 10.2. The van der Waals surface area contributed by atoms with Crippen LogP contribution in [0.15, 0.2) is 48.5 Å². The number of ether oxygens (including phenoxy) is 4. The molecule has 2 aromatic carbocycles. The van der Waals surface area contributed by atoms with Crippen LogP contribution in [0.1, 0.15) is 168 Å². The summed E-state index contributed by atoms with van der Waals surface area (Å²) in [6.45, 7) is 53.8. The number of nitrogens with zero attached hydrogens (tertiary/aromatic N) is 11. The Morgan fingerprint density at radius 1 is 0.240 bits per heavy atom. The van der Waals surface area contributed by atoms with E-state index in [-0.39, 0.29) is 34.7 Å². The van der Waals surface area contributed by atoms with E-state index in [1.807, 2.05) is 4.90 Å². The predicted octanol–water partition coefficient (Wildman–Crippen LogP) is -0.304. The third-order valence-electron chi connectivity index (χ3n) is 23.5. The lowest BCUT2D eigenvalue weighted by Crippen LogP contribution is -2.45. The number of unbranched alkanes of at least 4 members (excludes halogenated alkanes) is 16. The van der Waals surface area contributed by atoms with Crippen molar-refractivity contribution in [1.82, 2.24) is 86.6 Å². The van der Waals surface area contributed by atoms with Crippen molar-refractivity contribution in [2.45, 2.75) is 168 Å². The van der Waals surface area contributed by atoms with Crippen LogP contribution in [-0.4, -0.2) is 459 Å². The fourth-order valence-electron chi connectivity index (χ4n) is 15.0. The summed E-state index contributed by atoms with van der Waals surface area (Å²) in [7, 11) is 2.35. The zero-order valence-corrected chi connectivity index (χ0v) is 91.7. The van der Waals surface area contributed by atoms with E-state index in [2.05, 4.69) is 101 Å². The highest BCUT2D eigenvalue weighted by Gasteiger charge is 2.18. The number of benzene rings is 2. The van der Waals surface area contributed by atoms with E-state index < -0.39 is 22.2 Å². The number of non-ortho nitro benzene ring substituents is 2. The normalized spacial score (nSPS) is 11.2. The molecule has 0 aliphatic rings. The Morgan fingerprint density at radius 3 is 0.678 bits per heavy atom. The van der Waals surface area contributed by atoms with E-state index in [0.29, 0.717) is 65.4 Å². The van der Waals surface area contributed by atoms with E-state index in [4.69, 9.17) is 86.0 Å². The maximum Gasteiger partial charge on any atom is 0.513 e. The molecule has 0 spiro atoms. The van der Waals surface area contributed by atoms with E-state index >= 15 is 0 Å². The van der Waals surface area contributed by atoms with Crippen molar-refractivity contribution in [3.05, 3.63) is 68.8 Å². The van der Waals surface area contributed by atoms with Crippen LogP contribution >= 0.6 is 0 Å². The molecule has 46 nitrogen and oxygen atoms in total. The standard InChI is InChI=1S/C27H66N12O.C25H64N12.C17H38N4O.C15H36N4.2C8H7NO5/c1-27(40)35-14-22-38(18-9-32)25-23-36(15-4-2-3-5-28)24-26-39(20-11-33-10-6-29)21-13-34-12-19-37(16-7-30)17-8-31;26-4-2-1-3-14-34(22-24-36(17-8-30)18-9-31)23-25-37(20-11-32-10-5-27)21-13-33-12-19-35(15-6-28)16-7-29;1-17(22)21(15-9-3-6-12-19)16-10-4-8-14-20-13-7-2-5-11-18;16-10-4-1-6-12-18-14-8-3-9-15-19-13-7-2-5-11-17;2*1-13-8(10)14-7-4-2-6(3-5-7)9(11)12/h33-34H,2-26,28-32H2,1H3,(H,35,40);32-33H,1-31H2;20H,2-16,18-19H2,1H3;18-19H,1-17H2;2*2-5H,1H3. The molecular formula is C100H218N34O12. The lowest BCUT2D eigenvalue weighted by molar-refractivity contribution is -0.385. The highest BCUT2D eigenvalue weighted by Crippen LogP contribution is 2.19. The van der Waals surface area contributed by atoms with E-state index in [9.17, 15) is 39.4 Å².